The second-order valence-electron chi connectivity index (χ2n) is 2.62. The number of hydrogen-bond acceptors (Lipinski definition) is 2. The van der Waals surface area contributed by atoms with Crippen molar-refractivity contribution in [2.24, 2.45) is 0 Å². The van der Waals surface area contributed by atoms with Crippen molar-refractivity contribution in [1.29, 1.82) is 0 Å². The van der Waals surface area contributed by atoms with Crippen molar-refractivity contribution in [3.05, 3.63) is 27.1 Å². The fraction of sp³-hybridized carbons (Fsp3) is 0.429. The van der Waals surface area contributed by atoms with Gasteiger partial charge in [-0.25, -0.2) is 5.10 Å². The molecule has 0 bridgehead atoms. The van der Waals surface area contributed by atoms with Crippen molar-refractivity contribution in [1.82, 2.24) is 10.2 Å². The lowest BCUT2D eigenvalue weighted by molar-refractivity contribution is 0.777. The van der Waals surface area contributed by atoms with Gasteiger partial charge < -0.3 is 0 Å². The number of aromatic amines is 1. The molecule has 1 rings (SSSR count). The number of H-pyrrole nitrogens is 1. The summed E-state index contributed by atoms with van der Waals surface area (Å²) in [6.45, 7) is 3.97. The third-order valence-electron chi connectivity index (χ3n) is 1.37. The standard InChI is InChI=1S/C7H9ClN2O/c1-4(2)6-3-5(8)7(11)10-9-6/h3-4H,1-2H3,(H,10,11). The molecule has 1 aromatic rings. The zero-order chi connectivity index (χ0) is 8.43. The highest BCUT2D eigenvalue weighted by Crippen LogP contribution is 2.11. The summed E-state index contributed by atoms with van der Waals surface area (Å²) in [7, 11) is 0. The van der Waals surface area contributed by atoms with Crippen molar-refractivity contribution in [2.45, 2.75) is 19.8 Å². The topological polar surface area (TPSA) is 45.8 Å². The maximum Gasteiger partial charge on any atom is 0.282 e. The van der Waals surface area contributed by atoms with E-state index in [1.54, 1.807) is 6.07 Å². The first-order valence-corrected chi connectivity index (χ1v) is 3.74. The van der Waals surface area contributed by atoms with Crippen molar-refractivity contribution in [3.8, 4) is 0 Å². The van der Waals surface area contributed by atoms with E-state index in [1.807, 2.05) is 13.8 Å². The van der Waals surface area contributed by atoms with E-state index in [4.69, 9.17) is 11.6 Å². The van der Waals surface area contributed by atoms with Gasteiger partial charge in [-0.3, -0.25) is 4.79 Å². The first kappa shape index (κ1) is 8.27. The van der Waals surface area contributed by atoms with Crippen molar-refractivity contribution >= 4 is 11.6 Å². The Kier molecular flexibility index (Phi) is 2.29. The Hall–Kier alpha value is -0.830. The van der Waals surface area contributed by atoms with Crippen LogP contribution in [0.3, 0.4) is 0 Å². The van der Waals surface area contributed by atoms with Crippen LogP contribution in [0.25, 0.3) is 0 Å². The van der Waals surface area contributed by atoms with E-state index >= 15 is 0 Å². The van der Waals surface area contributed by atoms with Gasteiger partial charge in [0.05, 0.1) is 5.69 Å². The van der Waals surface area contributed by atoms with Gasteiger partial charge in [-0.15, -0.1) is 0 Å². The molecule has 0 amide bonds. The molecule has 0 saturated carbocycles. The first-order chi connectivity index (χ1) is 5.11. The summed E-state index contributed by atoms with van der Waals surface area (Å²) in [6.07, 6.45) is 0. The summed E-state index contributed by atoms with van der Waals surface area (Å²) in [5.74, 6) is 0.282. The summed E-state index contributed by atoms with van der Waals surface area (Å²) in [6, 6.07) is 1.59. The van der Waals surface area contributed by atoms with E-state index in [1.165, 1.54) is 0 Å². The molecule has 0 unspecified atom stereocenters. The van der Waals surface area contributed by atoms with Crippen molar-refractivity contribution in [2.75, 3.05) is 0 Å². The van der Waals surface area contributed by atoms with Gasteiger partial charge in [0, 0.05) is 0 Å². The van der Waals surface area contributed by atoms with Crippen LogP contribution >= 0.6 is 11.6 Å². The highest BCUT2D eigenvalue weighted by Gasteiger charge is 2.03. The summed E-state index contributed by atoms with van der Waals surface area (Å²) in [5.41, 5.74) is 0.464. The van der Waals surface area contributed by atoms with Crippen LogP contribution in [0.2, 0.25) is 5.02 Å². The van der Waals surface area contributed by atoms with Gasteiger partial charge in [-0.1, -0.05) is 25.4 Å². The maximum atomic E-state index is 10.7. The van der Waals surface area contributed by atoms with Crippen LogP contribution in [0.4, 0.5) is 0 Å². The molecule has 0 aliphatic heterocycles. The molecule has 3 nitrogen and oxygen atoms in total. The Labute approximate surface area is 69.4 Å². The largest absolute Gasteiger partial charge is 0.282 e. The normalized spacial score (nSPS) is 10.5. The van der Waals surface area contributed by atoms with E-state index in [0.717, 1.165) is 5.69 Å². The highest BCUT2D eigenvalue weighted by molar-refractivity contribution is 6.30. The minimum atomic E-state index is -0.337. The number of nitrogens with one attached hydrogen (secondary N) is 1. The Morgan fingerprint density at radius 1 is 1.64 bits per heavy atom. The van der Waals surface area contributed by atoms with Gasteiger partial charge in [-0.05, 0) is 12.0 Å². The van der Waals surface area contributed by atoms with Gasteiger partial charge in [0.15, 0.2) is 0 Å². The third kappa shape index (κ3) is 1.80. The van der Waals surface area contributed by atoms with Crippen molar-refractivity contribution < 1.29 is 0 Å². The van der Waals surface area contributed by atoms with E-state index in [9.17, 15) is 4.79 Å². The molecule has 0 radical (unpaired) electrons. The Morgan fingerprint density at radius 2 is 2.27 bits per heavy atom. The summed E-state index contributed by atoms with van der Waals surface area (Å²) in [5, 5.41) is 6.33. The molecule has 1 aromatic heterocycles. The van der Waals surface area contributed by atoms with Crippen LogP contribution in [-0.2, 0) is 0 Å². The Balaban J connectivity index is 3.15. The van der Waals surface area contributed by atoms with Crippen LogP contribution in [0.15, 0.2) is 10.9 Å². The minimum absolute atomic E-state index is 0.198. The van der Waals surface area contributed by atoms with Gasteiger partial charge in [0.2, 0.25) is 0 Å². The quantitative estimate of drug-likeness (QED) is 0.699. The van der Waals surface area contributed by atoms with Crippen LogP contribution in [0.5, 0.6) is 0 Å². The van der Waals surface area contributed by atoms with Gasteiger partial charge in [0.25, 0.3) is 5.56 Å². The zero-order valence-electron chi connectivity index (χ0n) is 6.39. The predicted octanol–water partition coefficient (Wildman–Crippen LogP) is 1.55. The number of nitrogens with zero attached hydrogens (tertiary/aromatic N) is 1. The first-order valence-electron chi connectivity index (χ1n) is 3.36. The Bertz CT molecular complexity index is 306. The average Bonchev–Trinajstić information content (AvgIpc) is 1.94. The molecule has 4 heteroatoms. The van der Waals surface area contributed by atoms with Crippen LogP contribution < -0.4 is 5.56 Å². The predicted molar refractivity (Wildman–Crippen MR) is 44.0 cm³/mol. The fourth-order valence-electron chi connectivity index (χ4n) is 0.692. The number of aromatic nitrogens is 2. The van der Waals surface area contributed by atoms with E-state index in [-0.39, 0.29) is 16.5 Å². The molecule has 0 atom stereocenters. The molecule has 0 spiro atoms. The molecule has 1 heterocycles. The van der Waals surface area contributed by atoms with Crippen LogP contribution in [0.1, 0.15) is 25.5 Å². The molecule has 0 fully saturated rings. The van der Waals surface area contributed by atoms with E-state index in [2.05, 4.69) is 10.2 Å². The molecule has 0 saturated heterocycles. The zero-order valence-corrected chi connectivity index (χ0v) is 7.14. The maximum absolute atomic E-state index is 10.7. The highest BCUT2D eigenvalue weighted by atomic mass is 35.5. The molecular weight excluding hydrogens is 164 g/mol. The second-order valence-corrected chi connectivity index (χ2v) is 3.03. The lowest BCUT2D eigenvalue weighted by atomic mass is 10.1. The van der Waals surface area contributed by atoms with E-state index < -0.39 is 0 Å². The Morgan fingerprint density at radius 3 is 2.73 bits per heavy atom. The number of rotatable bonds is 1. The number of halogens is 1. The van der Waals surface area contributed by atoms with Gasteiger partial charge in [-0.2, -0.15) is 5.10 Å². The average molecular weight is 173 g/mol. The SMILES string of the molecule is CC(C)c1cc(Cl)c(=O)[nH]n1. The summed E-state index contributed by atoms with van der Waals surface area (Å²) in [4.78, 5) is 10.7. The smallest absolute Gasteiger partial charge is 0.266 e. The number of hydrogen-bond donors (Lipinski definition) is 1. The molecule has 0 aliphatic rings. The molecule has 60 valence electrons. The van der Waals surface area contributed by atoms with Gasteiger partial charge >= 0.3 is 0 Å². The fourth-order valence-corrected chi connectivity index (χ4v) is 0.846. The molecule has 1 N–H and O–H groups in total. The lowest BCUT2D eigenvalue weighted by Crippen LogP contribution is -2.10. The van der Waals surface area contributed by atoms with E-state index in [0.29, 0.717) is 0 Å². The molecular formula is C7H9ClN2O. The van der Waals surface area contributed by atoms with Crippen LogP contribution in [0, 0.1) is 0 Å². The van der Waals surface area contributed by atoms with Crippen molar-refractivity contribution in [3.63, 3.8) is 0 Å². The summed E-state index contributed by atoms with van der Waals surface area (Å²) >= 11 is 5.57. The monoisotopic (exact) mass is 172 g/mol. The van der Waals surface area contributed by atoms with Crippen LogP contribution in [-0.4, -0.2) is 10.2 Å². The summed E-state index contributed by atoms with van der Waals surface area (Å²) < 4.78 is 0. The minimum Gasteiger partial charge on any atom is -0.266 e. The second kappa shape index (κ2) is 3.05. The molecule has 0 aromatic carbocycles. The lowest BCUT2D eigenvalue weighted by Gasteiger charge is -2.01. The molecule has 0 aliphatic carbocycles. The third-order valence-corrected chi connectivity index (χ3v) is 1.65. The van der Waals surface area contributed by atoms with Gasteiger partial charge in [0.1, 0.15) is 5.02 Å². The molecule has 11 heavy (non-hydrogen) atoms.